The smallest absolute Gasteiger partial charge is 0.0291 e. The van der Waals surface area contributed by atoms with Crippen LogP contribution in [-0.2, 0) is 6.42 Å². The minimum atomic E-state index is 0.434. The molecule has 1 nitrogen and oxygen atoms in total. The number of aryl methyl sites for hydroxylation is 1. The summed E-state index contributed by atoms with van der Waals surface area (Å²) in [6.07, 6.45) is 1.13. The van der Waals surface area contributed by atoms with Gasteiger partial charge in [-0.05, 0) is 43.1 Å². The molecule has 20 heavy (non-hydrogen) atoms. The molecule has 106 valence electrons. The summed E-state index contributed by atoms with van der Waals surface area (Å²) in [6.45, 7) is 5.36. The predicted molar refractivity (Wildman–Crippen MR) is 89.4 cm³/mol. The Morgan fingerprint density at radius 1 is 1.00 bits per heavy atom. The van der Waals surface area contributed by atoms with E-state index in [1.807, 2.05) is 11.8 Å². The highest BCUT2D eigenvalue weighted by atomic mass is 32.2. The summed E-state index contributed by atoms with van der Waals surface area (Å²) in [7, 11) is 0. The lowest BCUT2D eigenvalue weighted by atomic mass is 10.1. The SMILES string of the molecule is CCNC(C)c1ccc(SCCc2ccccc2)cc1. The van der Waals surface area contributed by atoms with Crippen molar-refractivity contribution in [1.29, 1.82) is 0 Å². The summed E-state index contributed by atoms with van der Waals surface area (Å²) in [5.74, 6) is 1.13. The van der Waals surface area contributed by atoms with Gasteiger partial charge in [-0.25, -0.2) is 0 Å². The topological polar surface area (TPSA) is 12.0 Å². The van der Waals surface area contributed by atoms with Gasteiger partial charge in [0.15, 0.2) is 0 Å². The number of thioether (sulfide) groups is 1. The van der Waals surface area contributed by atoms with Gasteiger partial charge in [0.25, 0.3) is 0 Å². The van der Waals surface area contributed by atoms with Crippen LogP contribution in [0.4, 0.5) is 0 Å². The third kappa shape index (κ3) is 4.69. The highest BCUT2D eigenvalue weighted by molar-refractivity contribution is 7.99. The largest absolute Gasteiger partial charge is 0.310 e. The summed E-state index contributed by atoms with van der Waals surface area (Å²) in [5, 5.41) is 3.44. The Balaban J connectivity index is 1.82. The quantitative estimate of drug-likeness (QED) is 0.741. The first-order valence-corrected chi connectivity index (χ1v) is 8.28. The maximum Gasteiger partial charge on any atom is 0.0291 e. The van der Waals surface area contributed by atoms with Crippen LogP contribution in [0.1, 0.15) is 31.0 Å². The second kappa shape index (κ2) is 8.13. The van der Waals surface area contributed by atoms with Crippen LogP contribution in [0.2, 0.25) is 0 Å². The van der Waals surface area contributed by atoms with Gasteiger partial charge in [-0.15, -0.1) is 11.8 Å². The molecule has 0 heterocycles. The van der Waals surface area contributed by atoms with Crippen molar-refractivity contribution in [2.75, 3.05) is 12.3 Å². The molecule has 0 aromatic heterocycles. The molecular formula is C18H23NS. The highest BCUT2D eigenvalue weighted by Gasteiger charge is 2.03. The van der Waals surface area contributed by atoms with Crippen LogP contribution in [0.5, 0.6) is 0 Å². The maximum absolute atomic E-state index is 3.44. The number of benzene rings is 2. The average molecular weight is 285 g/mol. The predicted octanol–water partition coefficient (Wildman–Crippen LogP) is 4.69. The summed E-state index contributed by atoms with van der Waals surface area (Å²) >= 11 is 1.93. The molecule has 0 aliphatic heterocycles. The molecule has 2 aromatic carbocycles. The van der Waals surface area contributed by atoms with E-state index in [0.717, 1.165) is 18.7 Å². The second-order valence-electron chi connectivity index (χ2n) is 4.93. The summed E-state index contributed by atoms with van der Waals surface area (Å²) in [4.78, 5) is 1.35. The number of nitrogens with one attached hydrogen (secondary N) is 1. The molecule has 0 amide bonds. The molecule has 0 saturated heterocycles. The molecule has 0 fully saturated rings. The highest BCUT2D eigenvalue weighted by Crippen LogP contribution is 2.22. The third-order valence-corrected chi connectivity index (χ3v) is 4.41. The zero-order chi connectivity index (χ0) is 14.2. The molecule has 0 aliphatic rings. The molecule has 2 rings (SSSR count). The molecule has 1 atom stereocenters. The Hall–Kier alpha value is -1.25. The van der Waals surface area contributed by atoms with Gasteiger partial charge in [-0.3, -0.25) is 0 Å². The van der Waals surface area contributed by atoms with Crippen LogP contribution in [0.25, 0.3) is 0 Å². The van der Waals surface area contributed by atoms with E-state index in [1.165, 1.54) is 16.0 Å². The van der Waals surface area contributed by atoms with E-state index in [2.05, 4.69) is 73.8 Å². The van der Waals surface area contributed by atoms with Crippen molar-refractivity contribution in [3.63, 3.8) is 0 Å². The molecular weight excluding hydrogens is 262 g/mol. The Morgan fingerprint density at radius 2 is 1.70 bits per heavy atom. The summed E-state index contributed by atoms with van der Waals surface area (Å²) in [6, 6.07) is 20.1. The Morgan fingerprint density at radius 3 is 2.35 bits per heavy atom. The van der Waals surface area contributed by atoms with E-state index in [-0.39, 0.29) is 0 Å². The molecule has 2 aromatic rings. The van der Waals surface area contributed by atoms with Gasteiger partial charge < -0.3 is 5.32 Å². The van der Waals surface area contributed by atoms with E-state index in [4.69, 9.17) is 0 Å². The molecule has 0 radical (unpaired) electrons. The van der Waals surface area contributed by atoms with Gasteiger partial charge in [-0.2, -0.15) is 0 Å². The van der Waals surface area contributed by atoms with E-state index in [9.17, 15) is 0 Å². The molecule has 1 unspecified atom stereocenters. The zero-order valence-corrected chi connectivity index (χ0v) is 13.1. The average Bonchev–Trinajstić information content (AvgIpc) is 2.49. The van der Waals surface area contributed by atoms with Crippen molar-refractivity contribution in [1.82, 2.24) is 5.32 Å². The van der Waals surface area contributed by atoms with Gasteiger partial charge in [0, 0.05) is 16.7 Å². The minimum absolute atomic E-state index is 0.434. The Kier molecular flexibility index (Phi) is 6.16. The third-order valence-electron chi connectivity index (χ3n) is 3.39. The lowest BCUT2D eigenvalue weighted by Gasteiger charge is -2.13. The fraction of sp³-hybridized carbons (Fsp3) is 0.333. The molecule has 0 spiro atoms. The van der Waals surface area contributed by atoms with Gasteiger partial charge in [-0.1, -0.05) is 49.4 Å². The molecule has 2 heteroatoms. The summed E-state index contributed by atoms with van der Waals surface area (Å²) < 4.78 is 0. The molecule has 0 bridgehead atoms. The van der Waals surface area contributed by atoms with E-state index in [1.54, 1.807) is 0 Å². The summed E-state index contributed by atoms with van der Waals surface area (Å²) in [5.41, 5.74) is 2.77. The fourth-order valence-electron chi connectivity index (χ4n) is 2.21. The van der Waals surface area contributed by atoms with Crippen LogP contribution in [-0.4, -0.2) is 12.3 Å². The van der Waals surface area contributed by atoms with E-state index < -0.39 is 0 Å². The lowest BCUT2D eigenvalue weighted by Crippen LogP contribution is -2.17. The van der Waals surface area contributed by atoms with Crippen molar-refractivity contribution >= 4 is 11.8 Å². The van der Waals surface area contributed by atoms with Crippen LogP contribution in [0.3, 0.4) is 0 Å². The number of hydrogen-bond donors (Lipinski definition) is 1. The maximum atomic E-state index is 3.44. The number of rotatable bonds is 7. The van der Waals surface area contributed by atoms with Gasteiger partial charge in [0.2, 0.25) is 0 Å². The van der Waals surface area contributed by atoms with Gasteiger partial charge >= 0.3 is 0 Å². The normalized spacial score (nSPS) is 12.3. The monoisotopic (exact) mass is 285 g/mol. The lowest BCUT2D eigenvalue weighted by molar-refractivity contribution is 0.598. The van der Waals surface area contributed by atoms with Gasteiger partial charge in [0.05, 0.1) is 0 Å². The van der Waals surface area contributed by atoms with E-state index in [0.29, 0.717) is 6.04 Å². The van der Waals surface area contributed by atoms with Gasteiger partial charge in [0.1, 0.15) is 0 Å². The van der Waals surface area contributed by atoms with Crippen molar-refractivity contribution in [2.24, 2.45) is 0 Å². The minimum Gasteiger partial charge on any atom is -0.310 e. The number of hydrogen-bond acceptors (Lipinski definition) is 2. The van der Waals surface area contributed by atoms with Crippen LogP contribution < -0.4 is 5.32 Å². The second-order valence-corrected chi connectivity index (χ2v) is 6.10. The van der Waals surface area contributed by atoms with Crippen LogP contribution >= 0.6 is 11.8 Å². The fourth-order valence-corrected chi connectivity index (χ4v) is 3.11. The van der Waals surface area contributed by atoms with E-state index >= 15 is 0 Å². The molecule has 0 aliphatic carbocycles. The van der Waals surface area contributed by atoms with Crippen LogP contribution in [0.15, 0.2) is 59.5 Å². The Bertz CT molecular complexity index is 493. The zero-order valence-electron chi connectivity index (χ0n) is 12.3. The molecule has 1 N–H and O–H groups in total. The Labute approximate surface area is 126 Å². The first-order chi connectivity index (χ1) is 9.79. The van der Waals surface area contributed by atoms with Crippen LogP contribution in [0, 0.1) is 0 Å². The first-order valence-electron chi connectivity index (χ1n) is 7.29. The van der Waals surface area contributed by atoms with Crippen molar-refractivity contribution in [3.8, 4) is 0 Å². The molecule has 0 saturated carbocycles. The first kappa shape index (κ1) is 15.1. The standard InChI is InChI=1S/C18H23NS/c1-3-19-15(2)17-9-11-18(12-10-17)20-14-13-16-7-5-4-6-8-16/h4-12,15,19H,3,13-14H2,1-2H3. The van der Waals surface area contributed by atoms with Crippen molar-refractivity contribution < 1.29 is 0 Å². The van der Waals surface area contributed by atoms with Crippen molar-refractivity contribution in [3.05, 3.63) is 65.7 Å². The van der Waals surface area contributed by atoms with Crippen molar-refractivity contribution in [2.45, 2.75) is 31.2 Å².